The third-order valence-electron chi connectivity index (χ3n) is 2.51. The average molecular weight is 264 g/mol. The van der Waals surface area contributed by atoms with Crippen LogP contribution in [0.1, 0.15) is 6.92 Å². The first-order valence-corrected chi connectivity index (χ1v) is 5.84. The van der Waals surface area contributed by atoms with Crippen LogP contribution in [0.5, 0.6) is 5.75 Å². The molecule has 100 valence electrons. The maximum absolute atomic E-state index is 13.1. The van der Waals surface area contributed by atoms with E-state index in [1.54, 1.807) is 18.2 Å². The summed E-state index contributed by atoms with van der Waals surface area (Å²) in [5, 5.41) is 2.87. The summed E-state index contributed by atoms with van der Waals surface area (Å²) in [6.45, 7) is 2.34. The Kier molecular flexibility index (Phi) is 3.85. The second-order valence-electron chi connectivity index (χ2n) is 3.93. The molecule has 0 aliphatic rings. The van der Waals surface area contributed by atoms with Crippen molar-refractivity contribution < 1.29 is 13.5 Å². The molecule has 0 saturated carbocycles. The summed E-state index contributed by atoms with van der Waals surface area (Å²) in [5.41, 5.74) is 7.14. The Morgan fingerprint density at radius 1 is 1.16 bits per heavy atom. The number of para-hydroxylation sites is 1. The third-order valence-corrected chi connectivity index (χ3v) is 2.51. The van der Waals surface area contributed by atoms with Gasteiger partial charge in [-0.1, -0.05) is 6.07 Å². The smallest absolute Gasteiger partial charge is 0.144 e. The van der Waals surface area contributed by atoms with E-state index in [1.807, 2.05) is 6.92 Å². The Hall–Kier alpha value is -2.30. The number of nitrogens with one attached hydrogen (secondary N) is 1. The van der Waals surface area contributed by atoms with Gasteiger partial charge in [0.25, 0.3) is 0 Å². The number of nitrogen functional groups attached to an aromatic ring is 1. The molecule has 5 heteroatoms. The molecule has 2 aromatic rings. The van der Waals surface area contributed by atoms with Gasteiger partial charge >= 0.3 is 0 Å². The third kappa shape index (κ3) is 3.13. The Bertz CT molecular complexity index is 567. The highest BCUT2D eigenvalue weighted by atomic mass is 19.1. The van der Waals surface area contributed by atoms with E-state index >= 15 is 0 Å². The normalized spacial score (nSPS) is 10.3. The minimum atomic E-state index is -0.651. The van der Waals surface area contributed by atoms with Gasteiger partial charge < -0.3 is 15.8 Å². The molecule has 0 aromatic heterocycles. The molecule has 0 atom stereocenters. The van der Waals surface area contributed by atoms with Crippen LogP contribution in [-0.2, 0) is 0 Å². The molecule has 3 N–H and O–H groups in total. The fourth-order valence-corrected chi connectivity index (χ4v) is 1.72. The molecule has 0 aliphatic heterocycles. The fourth-order valence-electron chi connectivity index (χ4n) is 1.72. The number of ether oxygens (including phenoxy) is 1. The van der Waals surface area contributed by atoms with Gasteiger partial charge in [-0.2, -0.15) is 0 Å². The van der Waals surface area contributed by atoms with Gasteiger partial charge in [-0.15, -0.1) is 0 Å². The van der Waals surface area contributed by atoms with Crippen LogP contribution in [0.2, 0.25) is 0 Å². The van der Waals surface area contributed by atoms with Crippen molar-refractivity contribution in [3.8, 4) is 5.75 Å². The topological polar surface area (TPSA) is 47.3 Å². The van der Waals surface area contributed by atoms with Crippen molar-refractivity contribution in [1.29, 1.82) is 0 Å². The van der Waals surface area contributed by atoms with E-state index in [-0.39, 0.29) is 5.69 Å². The van der Waals surface area contributed by atoms with Crippen LogP contribution < -0.4 is 15.8 Å². The maximum atomic E-state index is 13.1. The monoisotopic (exact) mass is 264 g/mol. The van der Waals surface area contributed by atoms with Gasteiger partial charge in [0.15, 0.2) is 0 Å². The molecule has 2 rings (SSSR count). The molecule has 0 saturated heterocycles. The molecule has 0 aliphatic carbocycles. The number of hydrogen-bond donors (Lipinski definition) is 2. The van der Waals surface area contributed by atoms with Gasteiger partial charge in [-0.3, -0.25) is 0 Å². The first-order chi connectivity index (χ1) is 9.10. The van der Waals surface area contributed by atoms with Crippen molar-refractivity contribution in [2.75, 3.05) is 17.7 Å². The standard InChI is InChI=1S/C14H14F2N2O/c1-2-19-13-5-3-4-12(14(13)17)18-11-7-9(15)6-10(16)8-11/h3-8,18H,2,17H2,1H3. The fraction of sp³-hybridized carbons (Fsp3) is 0.143. The lowest BCUT2D eigenvalue weighted by molar-refractivity contribution is 0.342. The summed E-state index contributed by atoms with van der Waals surface area (Å²) < 4.78 is 31.5. The summed E-state index contributed by atoms with van der Waals surface area (Å²) in [6, 6.07) is 8.38. The molecule has 0 heterocycles. The lowest BCUT2D eigenvalue weighted by Crippen LogP contribution is -2.01. The zero-order valence-corrected chi connectivity index (χ0v) is 10.4. The number of benzene rings is 2. The van der Waals surface area contributed by atoms with E-state index in [0.29, 0.717) is 23.7 Å². The molecule has 0 unspecified atom stereocenters. The Morgan fingerprint density at radius 2 is 1.84 bits per heavy atom. The Balaban J connectivity index is 2.30. The van der Waals surface area contributed by atoms with E-state index in [1.165, 1.54) is 12.1 Å². The Labute approximate surface area is 110 Å². The molecule has 3 nitrogen and oxygen atoms in total. The number of nitrogens with two attached hydrogens (primary N) is 1. The summed E-state index contributed by atoms with van der Waals surface area (Å²) in [4.78, 5) is 0. The molecule has 0 amide bonds. The largest absolute Gasteiger partial charge is 0.492 e. The van der Waals surface area contributed by atoms with E-state index in [2.05, 4.69) is 5.32 Å². The van der Waals surface area contributed by atoms with Crippen molar-refractivity contribution in [3.63, 3.8) is 0 Å². The maximum Gasteiger partial charge on any atom is 0.144 e. The highest BCUT2D eigenvalue weighted by Gasteiger charge is 2.07. The first-order valence-electron chi connectivity index (χ1n) is 5.84. The SMILES string of the molecule is CCOc1cccc(Nc2cc(F)cc(F)c2)c1N. The average Bonchev–Trinajstić information content (AvgIpc) is 2.33. The molecule has 0 bridgehead atoms. The van der Waals surface area contributed by atoms with Gasteiger partial charge in [-0.05, 0) is 31.2 Å². The second kappa shape index (κ2) is 5.56. The van der Waals surface area contributed by atoms with Crippen LogP contribution in [0.15, 0.2) is 36.4 Å². The van der Waals surface area contributed by atoms with E-state index in [9.17, 15) is 8.78 Å². The Morgan fingerprint density at radius 3 is 2.47 bits per heavy atom. The number of anilines is 3. The van der Waals surface area contributed by atoms with Crippen molar-refractivity contribution in [2.24, 2.45) is 0 Å². The lowest BCUT2D eigenvalue weighted by Gasteiger charge is -2.13. The molecule has 0 radical (unpaired) electrons. The summed E-state index contributed by atoms with van der Waals surface area (Å²) in [6.07, 6.45) is 0. The number of hydrogen-bond acceptors (Lipinski definition) is 3. The van der Waals surface area contributed by atoms with Crippen LogP contribution >= 0.6 is 0 Å². The zero-order valence-electron chi connectivity index (χ0n) is 10.4. The highest BCUT2D eigenvalue weighted by Crippen LogP contribution is 2.31. The van der Waals surface area contributed by atoms with Crippen LogP contribution in [0.4, 0.5) is 25.8 Å². The molecule has 2 aromatic carbocycles. The predicted octanol–water partition coefficient (Wildman–Crippen LogP) is 3.69. The van der Waals surface area contributed by atoms with Gasteiger partial charge in [-0.25, -0.2) is 8.78 Å². The number of halogens is 2. The van der Waals surface area contributed by atoms with Gasteiger partial charge in [0.2, 0.25) is 0 Å². The number of rotatable bonds is 4. The first kappa shape index (κ1) is 13.1. The predicted molar refractivity (Wildman–Crippen MR) is 71.7 cm³/mol. The second-order valence-corrected chi connectivity index (χ2v) is 3.93. The molecule has 0 spiro atoms. The molecule has 19 heavy (non-hydrogen) atoms. The van der Waals surface area contributed by atoms with Gasteiger partial charge in [0, 0.05) is 11.8 Å². The van der Waals surface area contributed by atoms with E-state index in [0.717, 1.165) is 6.07 Å². The summed E-state index contributed by atoms with van der Waals surface area (Å²) in [5.74, 6) is -0.770. The molecular formula is C14H14F2N2O. The van der Waals surface area contributed by atoms with E-state index < -0.39 is 11.6 Å². The molecular weight excluding hydrogens is 250 g/mol. The van der Waals surface area contributed by atoms with Crippen molar-refractivity contribution >= 4 is 17.1 Å². The van der Waals surface area contributed by atoms with Gasteiger partial charge in [0.1, 0.15) is 17.4 Å². The minimum absolute atomic E-state index is 0.290. The van der Waals surface area contributed by atoms with Crippen molar-refractivity contribution in [2.45, 2.75) is 6.92 Å². The minimum Gasteiger partial charge on any atom is -0.492 e. The summed E-state index contributed by atoms with van der Waals surface area (Å²) in [7, 11) is 0. The highest BCUT2D eigenvalue weighted by molar-refractivity contribution is 5.77. The quantitative estimate of drug-likeness (QED) is 0.828. The summed E-state index contributed by atoms with van der Waals surface area (Å²) >= 11 is 0. The lowest BCUT2D eigenvalue weighted by atomic mass is 10.2. The van der Waals surface area contributed by atoms with Crippen LogP contribution in [0, 0.1) is 11.6 Å². The van der Waals surface area contributed by atoms with Crippen LogP contribution in [0.25, 0.3) is 0 Å². The van der Waals surface area contributed by atoms with Crippen LogP contribution in [0.3, 0.4) is 0 Å². The van der Waals surface area contributed by atoms with E-state index in [4.69, 9.17) is 10.5 Å². The molecule has 0 fully saturated rings. The van der Waals surface area contributed by atoms with Crippen molar-refractivity contribution in [1.82, 2.24) is 0 Å². The zero-order chi connectivity index (χ0) is 13.8. The van der Waals surface area contributed by atoms with Crippen molar-refractivity contribution in [3.05, 3.63) is 48.0 Å². The van der Waals surface area contributed by atoms with Crippen LogP contribution in [-0.4, -0.2) is 6.61 Å². The van der Waals surface area contributed by atoms with Gasteiger partial charge in [0.05, 0.1) is 18.0 Å².